The molecule has 2 heterocycles. The summed E-state index contributed by atoms with van der Waals surface area (Å²) in [5, 5.41) is 9.07. The van der Waals surface area contributed by atoms with Crippen molar-refractivity contribution in [2.24, 2.45) is 5.41 Å². The number of amides is 3. The van der Waals surface area contributed by atoms with Crippen LogP contribution >= 0.6 is 0 Å². The van der Waals surface area contributed by atoms with Crippen molar-refractivity contribution in [3.05, 3.63) is 65.7 Å². The van der Waals surface area contributed by atoms with Gasteiger partial charge in [-0.1, -0.05) is 51.1 Å². The SMILES string of the molecule is CC(C)(C)CC(=O)N(C1CCN(Cc2ccccc2)CC1)C1CC(=O)N(c2ccc(C#N)cc2)C1=O. The van der Waals surface area contributed by atoms with Crippen molar-refractivity contribution in [2.45, 2.75) is 65.1 Å². The number of hydrogen-bond donors (Lipinski definition) is 0. The van der Waals surface area contributed by atoms with E-state index < -0.39 is 6.04 Å². The van der Waals surface area contributed by atoms with E-state index in [2.05, 4.69) is 17.0 Å². The number of carbonyl (C=O) groups excluding carboxylic acids is 3. The molecule has 7 nitrogen and oxygen atoms in total. The zero-order valence-electron chi connectivity index (χ0n) is 21.3. The van der Waals surface area contributed by atoms with E-state index in [1.54, 1.807) is 29.2 Å². The van der Waals surface area contributed by atoms with Crippen LogP contribution in [0.15, 0.2) is 54.6 Å². The van der Waals surface area contributed by atoms with Gasteiger partial charge in [0.25, 0.3) is 5.91 Å². The molecule has 2 fully saturated rings. The van der Waals surface area contributed by atoms with E-state index in [4.69, 9.17) is 5.26 Å². The zero-order chi connectivity index (χ0) is 25.9. The summed E-state index contributed by atoms with van der Waals surface area (Å²) in [6.45, 7) is 8.54. The molecule has 1 unspecified atom stereocenters. The normalized spacial score (nSPS) is 19.4. The number of piperidine rings is 1. The first-order valence-corrected chi connectivity index (χ1v) is 12.6. The third kappa shape index (κ3) is 5.83. The van der Waals surface area contributed by atoms with Crippen LogP contribution in [0.1, 0.15) is 57.6 Å². The fourth-order valence-corrected chi connectivity index (χ4v) is 5.16. The van der Waals surface area contributed by atoms with Crippen molar-refractivity contribution in [3.63, 3.8) is 0 Å². The Bertz CT molecular complexity index is 1140. The molecule has 0 aliphatic carbocycles. The van der Waals surface area contributed by atoms with E-state index in [1.807, 2.05) is 45.0 Å². The third-order valence-electron chi connectivity index (χ3n) is 6.88. The van der Waals surface area contributed by atoms with Gasteiger partial charge in [0.1, 0.15) is 6.04 Å². The molecule has 3 amide bonds. The van der Waals surface area contributed by atoms with Crippen LogP contribution in [0.25, 0.3) is 0 Å². The fourth-order valence-electron chi connectivity index (χ4n) is 5.16. The average Bonchev–Trinajstić information content (AvgIpc) is 3.13. The first kappa shape index (κ1) is 25.6. The van der Waals surface area contributed by atoms with Crippen molar-refractivity contribution < 1.29 is 14.4 Å². The Balaban J connectivity index is 1.53. The summed E-state index contributed by atoms with van der Waals surface area (Å²) in [7, 11) is 0. The lowest BCUT2D eigenvalue weighted by Crippen LogP contribution is -2.54. The highest BCUT2D eigenvalue weighted by atomic mass is 16.2. The lowest BCUT2D eigenvalue weighted by atomic mass is 9.90. The van der Waals surface area contributed by atoms with Crippen LogP contribution in [0.2, 0.25) is 0 Å². The predicted octanol–water partition coefficient (Wildman–Crippen LogP) is 4.12. The van der Waals surface area contributed by atoms with Gasteiger partial charge >= 0.3 is 0 Å². The Kier molecular flexibility index (Phi) is 7.56. The minimum atomic E-state index is -0.798. The van der Waals surface area contributed by atoms with Gasteiger partial charge in [0.2, 0.25) is 11.8 Å². The van der Waals surface area contributed by atoms with Crippen molar-refractivity contribution in [3.8, 4) is 6.07 Å². The Morgan fingerprint density at radius 2 is 1.67 bits per heavy atom. The van der Waals surface area contributed by atoms with Crippen LogP contribution in [-0.4, -0.2) is 52.7 Å². The molecule has 0 N–H and O–H groups in total. The van der Waals surface area contributed by atoms with Crippen LogP contribution in [0, 0.1) is 16.7 Å². The van der Waals surface area contributed by atoms with E-state index in [1.165, 1.54) is 10.5 Å². The molecule has 2 saturated heterocycles. The van der Waals surface area contributed by atoms with Gasteiger partial charge in [-0.15, -0.1) is 0 Å². The maximum atomic E-state index is 13.6. The molecule has 36 heavy (non-hydrogen) atoms. The lowest BCUT2D eigenvalue weighted by Gasteiger charge is -2.41. The molecule has 1 atom stereocenters. The molecule has 0 aromatic heterocycles. The average molecular weight is 487 g/mol. The maximum Gasteiger partial charge on any atom is 0.257 e. The summed E-state index contributed by atoms with van der Waals surface area (Å²) >= 11 is 0. The van der Waals surface area contributed by atoms with Crippen molar-refractivity contribution in [1.82, 2.24) is 9.80 Å². The number of benzene rings is 2. The van der Waals surface area contributed by atoms with Crippen LogP contribution < -0.4 is 4.90 Å². The fraction of sp³-hybridized carbons (Fsp3) is 0.448. The number of likely N-dealkylation sites (tertiary alicyclic amines) is 1. The van der Waals surface area contributed by atoms with E-state index in [0.717, 1.165) is 32.5 Å². The van der Waals surface area contributed by atoms with Crippen LogP contribution in [0.4, 0.5) is 5.69 Å². The smallest absolute Gasteiger partial charge is 0.257 e. The van der Waals surface area contributed by atoms with Gasteiger partial charge in [0.05, 0.1) is 23.7 Å². The Morgan fingerprint density at radius 3 is 2.25 bits per heavy atom. The summed E-state index contributed by atoms with van der Waals surface area (Å²) in [6.07, 6.45) is 1.82. The van der Waals surface area contributed by atoms with Crippen molar-refractivity contribution >= 4 is 23.4 Å². The summed E-state index contributed by atoms with van der Waals surface area (Å²) in [5.41, 5.74) is 1.92. The third-order valence-corrected chi connectivity index (χ3v) is 6.88. The number of rotatable bonds is 6. The van der Waals surface area contributed by atoms with Crippen molar-refractivity contribution in [2.75, 3.05) is 18.0 Å². The summed E-state index contributed by atoms with van der Waals surface area (Å²) in [5.74, 6) is -0.750. The number of hydrogen-bond acceptors (Lipinski definition) is 5. The van der Waals surface area contributed by atoms with Crippen LogP contribution in [0.3, 0.4) is 0 Å². The van der Waals surface area contributed by atoms with Gasteiger partial charge in [0, 0.05) is 32.1 Å². The summed E-state index contributed by atoms with van der Waals surface area (Å²) in [4.78, 5) is 45.4. The number of nitriles is 1. The molecular formula is C29H34N4O3. The summed E-state index contributed by atoms with van der Waals surface area (Å²) < 4.78 is 0. The second kappa shape index (κ2) is 10.6. The molecule has 188 valence electrons. The Morgan fingerprint density at radius 1 is 1.03 bits per heavy atom. The molecule has 0 bridgehead atoms. The highest BCUT2D eigenvalue weighted by Gasteiger charge is 2.47. The molecule has 4 rings (SSSR count). The Hall–Kier alpha value is -3.50. The molecule has 2 aromatic rings. The van der Waals surface area contributed by atoms with Gasteiger partial charge in [-0.05, 0) is 48.1 Å². The van der Waals surface area contributed by atoms with Gasteiger partial charge in [-0.25, -0.2) is 4.90 Å². The molecular weight excluding hydrogens is 452 g/mol. The second-order valence-corrected chi connectivity index (χ2v) is 11.0. The lowest BCUT2D eigenvalue weighted by molar-refractivity contribution is -0.143. The van der Waals surface area contributed by atoms with Gasteiger partial charge in [-0.2, -0.15) is 5.26 Å². The van der Waals surface area contributed by atoms with E-state index in [9.17, 15) is 14.4 Å². The highest BCUT2D eigenvalue weighted by Crippen LogP contribution is 2.32. The van der Waals surface area contributed by atoms with Crippen LogP contribution in [0.5, 0.6) is 0 Å². The number of anilines is 1. The quantitative estimate of drug-likeness (QED) is 0.574. The minimum Gasteiger partial charge on any atom is -0.327 e. The molecule has 0 radical (unpaired) electrons. The predicted molar refractivity (Wildman–Crippen MR) is 138 cm³/mol. The number of carbonyl (C=O) groups is 3. The largest absolute Gasteiger partial charge is 0.327 e. The number of nitrogens with zero attached hydrogens (tertiary/aromatic N) is 4. The van der Waals surface area contributed by atoms with E-state index in [0.29, 0.717) is 17.7 Å². The summed E-state index contributed by atoms with van der Waals surface area (Å²) in [6, 6.07) is 17.9. The monoisotopic (exact) mass is 486 g/mol. The maximum absolute atomic E-state index is 13.6. The minimum absolute atomic E-state index is 0.0149. The van der Waals surface area contributed by atoms with Crippen LogP contribution in [-0.2, 0) is 20.9 Å². The first-order valence-electron chi connectivity index (χ1n) is 12.6. The van der Waals surface area contributed by atoms with Gasteiger partial charge in [-0.3, -0.25) is 19.3 Å². The molecule has 0 saturated carbocycles. The van der Waals surface area contributed by atoms with Gasteiger partial charge in [0.15, 0.2) is 0 Å². The first-order chi connectivity index (χ1) is 17.2. The second-order valence-electron chi connectivity index (χ2n) is 11.0. The topological polar surface area (TPSA) is 84.7 Å². The van der Waals surface area contributed by atoms with Crippen molar-refractivity contribution in [1.29, 1.82) is 5.26 Å². The standard InChI is InChI=1S/C29H34N4O3/c1-29(2,3)18-27(35)32(24-13-15-31(16-14-24)20-22-7-5-4-6-8-22)25-17-26(34)33(28(25)36)23-11-9-21(19-30)10-12-23/h4-12,24-25H,13-18,20H2,1-3H3. The molecule has 0 spiro atoms. The molecule has 2 aliphatic rings. The highest BCUT2D eigenvalue weighted by molar-refractivity contribution is 6.23. The van der Waals surface area contributed by atoms with Gasteiger partial charge < -0.3 is 4.90 Å². The molecule has 2 aromatic carbocycles. The molecule has 7 heteroatoms. The molecule has 2 aliphatic heterocycles. The Labute approximate surface area is 213 Å². The van der Waals surface area contributed by atoms with E-state index in [-0.39, 0.29) is 35.6 Å². The van der Waals surface area contributed by atoms with E-state index >= 15 is 0 Å². The number of imide groups is 1. The zero-order valence-corrected chi connectivity index (χ0v) is 21.3.